The van der Waals surface area contributed by atoms with Gasteiger partial charge in [-0.2, -0.15) is 0 Å². The molecule has 3 aliphatic rings. The molecule has 3 aliphatic heterocycles. The first-order valence-corrected chi connectivity index (χ1v) is 31.7. The molecule has 9 atom stereocenters. The first-order chi connectivity index (χ1) is 47.3. The molecule has 0 saturated carbocycles. The van der Waals surface area contributed by atoms with Crippen molar-refractivity contribution in [2.45, 2.75) is 132 Å². The molecule has 10 amide bonds. The number of carbonyl (C=O) groups excluding carboxylic acids is 10. The van der Waals surface area contributed by atoms with Gasteiger partial charge in [-0.15, -0.1) is 5.10 Å². The number of benzene rings is 4. The smallest absolute Gasteiger partial charge is 0.305 e. The molecule has 99 heavy (non-hydrogen) atoms. The van der Waals surface area contributed by atoms with Crippen molar-refractivity contribution in [1.82, 2.24) is 82.4 Å². The SMILES string of the molecule is COc1ccc(C[C@@H]2NC(=O)[C@@H](Cc3cnc[nH]3)NC(=O)[C@H](CC(=O)O)NC(=O)[C@H](Cc3c[nH]c4ccc(F)cc34)NC(=O)[C@H](Cc3c[nH]c4ccc(F)cc34)NC(=O)[C@@H](C)NC(=O)[C@H](NC(C)=O)Cc3cn(nn3)-c3ccc(cc3)C[C@@H](C(N)=O)NC(=O)[C@]3(C)CCCN3C2=O)cc1. The van der Waals surface area contributed by atoms with Crippen LogP contribution in [0, 0.1) is 11.6 Å². The molecular formula is C67H73F2N17O13. The number of hydrogen-bond acceptors (Lipinski definition) is 15. The third kappa shape index (κ3) is 17.0. The lowest BCUT2D eigenvalue weighted by Gasteiger charge is -2.37. The minimum atomic E-state index is -2.05. The minimum absolute atomic E-state index is 0.00879. The second kappa shape index (κ2) is 30.5. The Hall–Kier alpha value is -11.9. The number of rotatable bonds is 13. The molecule has 32 heteroatoms. The van der Waals surface area contributed by atoms with Gasteiger partial charge in [0.25, 0.3) is 0 Å². The van der Waals surface area contributed by atoms with Crippen molar-refractivity contribution in [3.8, 4) is 11.4 Å². The highest BCUT2D eigenvalue weighted by molar-refractivity contribution is 6.01. The highest BCUT2D eigenvalue weighted by Crippen LogP contribution is 2.32. The quantitative estimate of drug-likeness (QED) is 0.0702. The Morgan fingerprint density at radius 3 is 1.83 bits per heavy atom. The molecule has 0 spiro atoms. The van der Waals surface area contributed by atoms with Gasteiger partial charge in [0.15, 0.2) is 0 Å². The van der Waals surface area contributed by atoms with E-state index >= 15 is 19.2 Å². The van der Waals surface area contributed by atoms with Crippen LogP contribution in [0.3, 0.4) is 0 Å². The number of methoxy groups -OCH3 is 1. The maximum absolute atomic E-state index is 15.3. The lowest BCUT2D eigenvalue weighted by molar-refractivity contribution is -0.147. The van der Waals surface area contributed by atoms with Crippen molar-refractivity contribution in [3.63, 3.8) is 0 Å². The molecule has 1 fully saturated rings. The number of amides is 10. The number of aliphatic carboxylic acids is 1. The van der Waals surface area contributed by atoms with Gasteiger partial charge in [-0.3, -0.25) is 52.7 Å². The number of carbonyl (C=O) groups is 11. The third-order valence-electron chi connectivity index (χ3n) is 17.5. The maximum Gasteiger partial charge on any atom is 0.305 e. The summed E-state index contributed by atoms with van der Waals surface area (Å²) >= 11 is 0. The van der Waals surface area contributed by atoms with E-state index in [0.717, 1.165) is 6.07 Å². The number of nitrogens with one attached hydrogen (secondary N) is 11. The Bertz CT molecular complexity index is 4370. The molecule has 30 nitrogen and oxygen atoms in total. The highest BCUT2D eigenvalue weighted by Gasteiger charge is 2.49. The van der Waals surface area contributed by atoms with E-state index in [-0.39, 0.29) is 61.0 Å². The molecular weight excluding hydrogens is 1290 g/mol. The summed E-state index contributed by atoms with van der Waals surface area (Å²) in [5.41, 5.74) is 7.62. The number of nitrogens with zero attached hydrogens (tertiary/aromatic N) is 5. The number of carboxylic acid groups (broad SMARTS) is 1. The minimum Gasteiger partial charge on any atom is -0.497 e. The normalized spacial score (nSPS) is 22.8. The number of carboxylic acids is 1. The van der Waals surface area contributed by atoms with Crippen LogP contribution in [-0.4, -0.2) is 178 Å². The number of aromatic amines is 3. The fraction of sp³-hybridized carbons (Fsp3) is 0.343. The van der Waals surface area contributed by atoms with Crippen LogP contribution in [0.15, 0.2) is 116 Å². The van der Waals surface area contributed by atoms with E-state index in [4.69, 9.17) is 10.5 Å². The summed E-state index contributed by atoms with van der Waals surface area (Å²) in [5.74, 6) is -11.9. The summed E-state index contributed by atoms with van der Waals surface area (Å²) in [4.78, 5) is 171. The summed E-state index contributed by atoms with van der Waals surface area (Å²) in [6.07, 6.45) is 4.45. The van der Waals surface area contributed by atoms with Gasteiger partial charge in [0.1, 0.15) is 71.3 Å². The lowest BCUT2D eigenvalue weighted by Crippen LogP contribution is -2.63. The first kappa shape index (κ1) is 70.0. The second-order valence-corrected chi connectivity index (χ2v) is 24.7. The van der Waals surface area contributed by atoms with Crippen LogP contribution >= 0.6 is 0 Å². The van der Waals surface area contributed by atoms with Crippen LogP contribution in [0.2, 0.25) is 0 Å². The van der Waals surface area contributed by atoms with Crippen LogP contribution < -0.4 is 53.0 Å². The standard InChI is InChI=1S/C67H73F2N17O13/c1-34-59(91)77-51(22-38-29-72-48-16-10-40(68)24-46(38)48)61(93)78-52(23-39-30-73-49-17-11-41(69)25-47(39)49)62(94)80-55(28-57(88)89)64(96)79-54(26-42-31-71-33-74-42)63(95)81-56(21-37-8-14-45(99-4)15-9-37)65(97)85-19-5-18-67(85,3)66(98)82-50(58(70)90)20-36-6-12-44(13-7-36)86-32-43(83-84-86)27-53(60(92)75-34)76-35(2)87/h6-17,24-25,29-34,50-56,72-73H,5,18-23,26-28H2,1-4H3,(H2,70,90)(H,71,74)(H,75,92)(H,76,87)(H,77,91)(H,78,93)(H,79,96)(H,80,94)(H,81,95)(H,82,98)(H,88,89)/t34-,50+,51+,52+,53-,54-,55+,56+,67+/m1/s1. The van der Waals surface area contributed by atoms with E-state index in [1.165, 1.54) is 98.9 Å². The van der Waals surface area contributed by atoms with Crippen LogP contribution in [0.1, 0.15) is 73.7 Å². The molecule has 4 aromatic carbocycles. The molecule has 518 valence electrons. The Morgan fingerprint density at radius 2 is 1.26 bits per heavy atom. The van der Waals surface area contributed by atoms with Gasteiger partial charge >= 0.3 is 5.97 Å². The lowest BCUT2D eigenvalue weighted by atomic mass is 9.94. The fourth-order valence-corrected chi connectivity index (χ4v) is 12.1. The number of aromatic nitrogens is 7. The van der Waals surface area contributed by atoms with Gasteiger partial charge in [0.2, 0.25) is 59.1 Å². The van der Waals surface area contributed by atoms with Gasteiger partial charge in [-0.1, -0.05) is 29.5 Å². The van der Waals surface area contributed by atoms with Crippen LogP contribution in [0.4, 0.5) is 8.78 Å². The third-order valence-corrected chi connectivity index (χ3v) is 17.5. The number of primary amides is 1. The maximum atomic E-state index is 15.3. The van der Waals surface area contributed by atoms with E-state index in [1.807, 2.05) is 0 Å². The van der Waals surface area contributed by atoms with Gasteiger partial charge in [0, 0.05) is 98.1 Å². The number of imidazole rings is 1. The second-order valence-electron chi connectivity index (χ2n) is 24.7. The topological polar surface area (TPSA) is 434 Å². The average Bonchev–Trinajstić information content (AvgIpc) is 1.71. The highest BCUT2D eigenvalue weighted by atomic mass is 19.1. The van der Waals surface area contributed by atoms with Crippen molar-refractivity contribution in [3.05, 3.63) is 161 Å². The number of hydrogen-bond donors (Lipinski definition) is 13. The fourth-order valence-electron chi connectivity index (χ4n) is 12.1. The zero-order chi connectivity index (χ0) is 70.8. The number of nitrogens with two attached hydrogens (primary N) is 1. The zero-order valence-electron chi connectivity index (χ0n) is 54.1. The molecule has 1 saturated heterocycles. The van der Waals surface area contributed by atoms with Crippen LogP contribution in [0.5, 0.6) is 5.75 Å². The number of halogens is 2. The molecule has 11 rings (SSSR count). The summed E-state index contributed by atoms with van der Waals surface area (Å²) in [6, 6.07) is 7.85. The Labute approximate surface area is 563 Å². The largest absolute Gasteiger partial charge is 0.497 e. The molecule has 0 radical (unpaired) electrons. The van der Waals surface area contributed by atoms with Crippen LogP contribution in [0.25, 0.3) is 27.5 Å². The Balaban J connectivity index is 1.03. The van der Waals surface area contributed by atoms with Crippen LogP contribution in [-0.2, 0) is 91.3 Å². The summed E-state index contributed by atoms with van der Waals surface area (Å²) in [7, 11) is 1.46. The molecule has 14 N–H and O–H groups in total. The van der Waals surface area contributed by atoms with Crippen molar-refractivity contribution >= 4 is 86.8 Å². The molecule has 8 aromatic rings. The average molecular weight is 1360 g/mol. The molecule has 0 unspecified atom stereocenters. The molecule has 4 aromatic heterocycles. The van der Waals surface area contributed by atoms with E-state index in [0.29, 0.717) is 51.0 Å². The van der Waals surface area contributed by atoms with E-state index in [9.17, 15) is 47.4 Å². The molecule has 7 heterocycles. The Morgan fingerprint density at radius 1 is 0.687 bits per heavy atom. The number of H-pyrrole nitrogens is 3. The summed E-state index contributed by atoms with van der Waals surface area (Å²) in [5, 5.41) is 40.1. The predicted molar refractivity (Wildman–Crippen MR) is 349 cm³/mol. The Kier molecular flexibility index (Phi) is 21.5. The van der Waals surface area contributed by atoms with Crippen molar-refractivity contribution in [2.24, 2.45) is 5.73 Å². The van der Waals surface area contributed by atoms with Crippen molar-refractivity contribution in [1.29, 1.82) is 0 Å². The van der Waals surface area contributed by atoms with Gasteiger partial charge in [-0.25, -0.2) is 18.4 Å². The summed E-state index contributed by atoms with van der Waals surface area (Å²) in [6.45, 7) is 3.97. The number of fused-ring (bicyclic) bond motifs is 27. The molecule has 0 aliphatic carbocycles. The molecule has 4 bridgehead atoms. The van der Waals surface area contributed by atoms with Gasteiger partial charge in [0.05, 0.1) is 37.4 Å². The first-order valence-electron chi connectivity index (χ1n) is 31.7. The predicted octanol–water partition coefficient (Wildman–Crippen LogP) is 0.569. The van der Waals surface area contributed by atoms with E-state index < -0.39 is 150 Å². The monoisotopic (exact) mass is 1360 g/mol. The number of ether oxygens (including phenoxy) is 1. The van der Waals surface area contributed by atoms with Gasteiger partial charge < -0.3 is 78.0 Å². The van der Waals surface area contributed by atoms with E-state index in [2.05, 4.69) is 72.8 Å². The summed E-state index contributed by atoms with van der Waals surface area (Å²) < 4.78 is 36.6. The van der Waals surface area contributed by atoms with Crippen molar-refractivity contribution in [2.75, 3.05) is 13.7 Å². The zero-order valence-corrected chi connectivity index (χ0v) is 54.1. The van der Waals surface area contributed by atoms with Gasteiger partial charge in [-0.05, 0) is 110 Å². The van der Waals surface area contributed by atoms with Crippen molar-refractivity contribution < 1.29 is 71.4 Å². The van der Waals surface area contributed by atoms with E-state index in [1.54, 1.807) is 48.5 Å².